The summed E-state index contributed by atoms with van der Waals surface area (Å²) in [4.78, 5) is 11.5. The molecular formula is C14H20ClFN2O2. The third-order valence-corrected chi connectivity index (χ3v) is 3.23. The van der Waals surface area contributed by atoms with E-state index in [-0.39, 0.29) is 30.7 Å². The summed E-state index contributed by atoms with van der Waals surface area (Å²) in [6, 6.07) is 6.06. The van der Waals surface area contributed by atoms with Gasteiger partial charge in [0.15, 0.2) is 18.2 Å². The molecule has 1 saturated heterocycles. The Balaban J connectivity index is 0.00000200. The molecule has 1 aliphatic rings. The van der Waals surface area contributed by atoms with Gasteiger partial charge in [0.1, 0.15) is 0 Å². The summed E-state index contributed by atoms with van der Waals surface area (Å²) in [6.07, 6.45) is 2.14. The fourth-order valence-electron chi connectivity index (χ4n) is 2.13. The maximum Gasteiger partial charge on any atom is 0.257 e. The number of amides is 1. The predicted octanol–water partition coefficient (Wildman–Crippen LogP) is 1.74. The fourth-order valence-corrected chi connectivity index (χ4v) is 2.13. The number of ether oxygens (including phenoxy) is 1. The van der Waals surface area contributed by atoms with Crippen molar-refractivity contribution in [2.75, 3.05) is 26.2 Å². The van der Waals surface area contributed by atoms with Crippen molar-refractivity contribution in [3.63, 3.8) is 0 Å². The third-order valence-electron chi connectivity index (χ3n) is 3.23. The Bertz CT molecular complexity index is 425. The molecule has 1 amide bonds. The van der Waals surface area contributed by atoms with E-state index < -0.39 is 5.82 Å². The van der Waals surface area contributed by atoms with Crippen LogP contribution in [-0.2, 0) is 4.79 Å². The number of rotatable bonds is 6. The Morgan fingerprint density at radius 3 is 2.95 bits per heavy atom. The molecule has 2 N–H and O–H groups in total. The van der Waals surface area contributed by atoms with Crippen LogP contribution in [0.2, 0.25) is 0 Å². The van der Waals surface area contributed by atoms with Gasteiger partial charge >= 0.3 is 0 Å². The van der Waals surface area contributed by atoms with Crippen molar-refractivity contribution in [2.45, 2.75) is 12.8 Å². The molecule has 1 aliphatic heterocycles. The Morgan fingerprint density at radius 2 is 2.25 bits per heavy atom. The van der Waals surface area contributed by atoms with Gasteiger partial charge in [0.25, 0.3) is 5.91 Å². The average Bonchev–Trinajstić information content (AvgIpc) is 2.91. The quantitative estimate of drug-likeness (QED) is 0.841. The molecule has 4 nitrogen and oxygen atoms in total. The summed E-state index contributed by atoms with van der Waals surface area (Å²) in [5.74, 6) is 0.0898. The second-order valence-corrected chi connectivity index (χ2v) is 4.72. The van der Waals surface area contributed by atoms with Gasteiger partial charge in [-0.15, -0.1) is 12.4 Å². The van der Waals surface area contributed by atoms with E-state index in [0.29, 0.717) is 12.5 Å². The van der Waals surface area contributed by atoms with Crippen LogP contribution in [0.3, 0.4) is 0 Å². The lowest BCUT2D eigenvalue weighted by molar-refractivity contribution is -0.123. The number of carbonyl (C=O) groups is 1. The topological polar surface area (TPSA) is 50.4 Å². The monoisotopic (exact) mass is 302 g/mol. The molecule has 0 aliphatic carbocycles. The van der Waals surface area contributed by atoms with Crippen LogP contribution in [0, 0.1) is 11.7 Å². The minimum absolute atomic E-state index is 0. The highest BCUT2D eigenvalue weighted by molar-refractivity contribution is 5.85. The number of benzene rings is 1. The summed E-state index contributed by atoms with van der Waals surface area (Å²) in [6.45, 7) is 2.59. The number of para-hydroxylation sites is 1. The van der Waals surface area contributed by atoms with E-state index in [1.807, 2.05) is 0 Å². The van der Waals surface area contributed by atoms with Crippen molar-refractivity contribution >= 4 is 18.3 Å². The third kappa shape index (κ3) is 5.35. The van der Waals surface area contributed by atoms with E-state index in [9.17, 15) is 9.18 Å². The van der Waals surface area contributed by atoms with Crippen LogP contribution in [0.4, 0.5) is 4.39 Å². The average molecular weight is 303 g/mol. The first-order chi connectivity index (χ1) is 9.25. The van der Waals surface area contributed by atoms with Gasteiger partial charge in [-0.1, -0.05) is 12.1 Å². The van der Waals surface area contributed by atoms with Crippen LogP contribution in [-0.4, -0.2) is 32.1 Å². The van der Waals surface area contributed by atoms with E-state index in [2.05, 4.69) is 10.6 Å². The van der Waals surface area contributed by atoms with Crippen LogP contribution in [0.1, 0.15) is 12.8 Å². The second kappa shape index (κ2) is 8.76. The molecular weight excluding hydrogens is 283 g/mol. The highest BCUT2D eigenvalue weighted by atomic mass is 35.5. The lowest BCUT2D eigenvalue weighted by atomic mass is 10.1. The van der Waals surface area contributed by atoms with E-state index in [0.717, 1.165) is 19.5 Å². The zero-order valence-corrected chi connectivity index (χ0v) is 12.0. The van der Waals surface area contributed by atoms with Gasteiger partial charge in [0.2, 0.25) is 0 Å². The minimum atomic E-state index is -0.452. The molecule has 1 unspecified atom stereocenters. The molecule has 0 radical (unpaired) electrons. The lowest BCUT2D eigenvalue weighted by Crippen LogP contribution is -2.31. The second-order valence-electron chi connectivity index (χ2n) is 4.72. The number of hydrogen-bond acceptors (Lipinski definition) is 3. The molecule has 0 aromatic heterocycles. The largest absolute Gasteiger partial charge is 0.481 e. The molecule has 1 fully saturated rings. The normalized spacial score (nSPS) is 17.4. The van der Waals surface area contributed by atoms with E-state index in [1.54, 1.807) is 12.1 Å². The molecule has 2 rings (SSSR count). The lowest BCUT2D eigenvalue weighted by Gasteiger charge is -2.10. The number of hydrogen-bond donors (Lipinski definition) is 2. The number of nitrogens with one attached hydrogen (secondary N) is 2. The summed E-state index contributed by atoms with van der Waals surface area (Å²) in [5, 5.41) is 6.07. The zero-order valence-electron chi connectivity index (χ0n) is 11.2. The summed E-state index contributed by atoms with van der Waals surface area (Å²) >= 11 is 0. The Morgan fingerprint density at radius 1 is 1.45 bits per heavy atom. The molecule has 1 aromatic rings. The van der Waals surface area contributed by atoms with Gasteiger partial charge in [0.05, 0.1) is 0 Å². The van der Waals surface area contributed by atoms with E-state index in [1.165, 1.54) is 18.6 Å². The van der Waals surface area contributed by atoms with Crippen molar-refractivity contribution in [1.29, 1.82) is 0 Å². The van der Waals surface area contributed by atoms with Gasteiger partial charge in [-0.2, -0.15) is 0 Å². The maximum atomic E-state index is 13.2. The molecule has 20 heavy (non-hydrogen) atoms. The first kappa shape index (κ1) is 16.7. The van der Waals surface area contributed by atoms with Crippen LogP contribution >= 0.6 is 12.4 Å². The highest BCUT2D eigenvalue weighted by Gasteiger charge is 2.14. The van der Waals surface area contributed by atoms with Crippen LogP contribution in [0.5, 0.6) is 5.75 Å². The van der Waals surface area contributed by atoms with Crippen LogP contribution in [0.15, 0.2) is 24.3 Å². The standard InChI is InChI=1S/C14H19FN2O2.ClH/c15-12-3-1-2-4-13(12)19-10-14(18)17-8-6-11-5-7-16-9-11;/h1-4,11,16H,5-10H2,(H,17,18);1H. The van der Waals surface area contributed by atoms with Crippen LogP contribution < -0.4 is 15.4 Å². The molecule has 1 heterocycles. The van der Waals surface area contributed by atoms with Gasteiger partial charge in [-0.05, 0) is 44.0 Å². The Labute approximate surface area is 124 Å². The van der Waals surface area contributed by atoms with Gasteiger partial charge < -0.3 is 15.4 Å². The van der Waals surface area contributed by atoms with Crippen LogP contribution in [0.25, 0.3) is 0 Å². The first-order valence-electron chi connectivity index (χ1n) is 6.60. The Kier molecular flexibility index (Phi) is 7.33. The molecule has 0 saturated carbocycles. The van der Waals surface area contributed by atoms with E-state index >= 15 is 0 Å². The van der Waals surface area contributed by atoms with Crippen molar-refractivity contribution in [2.24, 2.45) is 5.92 Å². The summed E-state index contributed by atoms with van der Waals surface area (Å²) in [7, 11) is 0. The van der Waals surface area contributed by atoms with Gasteiger partial charge in [-0.3, -0.25) is 4.79 Å². The zero-order chi connectivity index (χ0) is 13.5. The molecule has 112 valence electrons. The smallest absolute Gasteiger partial charge is 0.257 e. The molecule has 1 aromatic carbocycles. The molecule has 0 bridgehead atoms. The molecule has 0 spiro atoms. The summed E-state index contributed by atoms with van der Waals surface area (Å²) in [5.41, 5.74) is 0. The minimum Gasteiger partial charge on any atom is -0.481 e. The molecule has 6 heteroatoms. The van der Waals surface area contributed by atoms with Gasteiger partial charge in [-0.25, -0.2) is 4.39 Å². The highest BCUT2D eigenvalue weighted by Crippen LogP contribution is 2.15. The maximum absolute atomic E-state index is 13.2. The van der Waals surface area contributed by atoms with Gasteiger partial charge in [0, 0.05) is 6.54 Å². The SMILES string of the molecule is Cl.O=C(COc1ccccc1F)NCCC1CCNC1. The fraction of sp³-hybridized carbons (Fsp3) is 0.500. The predicted molar refractivity (Wildman–Crippen MR) is 77.7 cm³/mol. The van der Waals surface area contributed by atoms with Crippen molar-refractivity contribution in [3.8, 4) is 5.75 Å². The molecule has 1 atom stereocenters. The van der Waals surface area contributed by atoms with Crippen molar-refractivity contribution in [3.05, 3.63) is 30.1 Å². The number of carbonyl (C=O) groups excluding carboxylic acids is 1. The Hall–Kier alpha value is -1.33. The number of halogens is 2. The van der Waals surface area contributed by atoms with Crippen molar-refractivity contribution in [1.82, 2.24) is 10.6 Å². The van der Waals surface area contributed by atoms with E-state index in [4.69, 9.17) is 4.74 Å². The van der Waals surface area contributed by atoms with Crippen molar-refractivity contribution < 1.29 is 13.9 Å². The summed E-state index contributed by atoms with van der Waals surface area (Å²) < 4.78 is 18.4. The first-order valence-corrected chi connectivity index (χ1v) is 6.60.